The van der Waals surface area contributed by atoms with Gasteiger partial charge in [-0.15, -0.1) is 11.3 Å². The molecule has 0 radical (unpaired) electrons. The number of carbonyl (C=O) groups is 1. The summed E-state index contributed by atoms with van der Waals surface area (Å²) in [5.41, 5.74) is 2.04. The van der Waals surface area contributed by atoms with Gasteiger partial charge in [0.2, 0.25) is 0 Å². The van der Waals surface area contributed by atoms with Crippen molar-refractivity contribution in [1.82, 2.24) is 10.3 Å². The van der Waals surface area contributed by atoms with E-state index in [-0.39, 0.29) is 19.1 Å². The fourth-order valence-electron chi connectivity index (χ4n) is 1.47. The molecule has 6 heteroatoms. The van der Waals surface area contributed by atoms with Gasteiger partial charge in [0.1, 0.15) is 0 Å². The molecule has 0 aliphatic carbocycles. The van der Waals surface area contributed by atoms with Crippen molar-refractivity contribution in [3.8, 4) is 0 Å². The van der Waals surface area contributed by atoms with Crippen molar-refractivity contribution >= 4 is 27.5 Å². The Morgan fingerprint density at radius 2 is 2.17 bits per heavy atom. The first-order valence-electron chi connectivity index (χ1n) is 5.45. The van der Waals surface area contributed by atoms with Crippen LogP contribution in [0.3, 0.4) is 0 Å². The molecular weight excluding hydrogens is 252 g/mol. The molecule has 2 aromatic rings. The number of aromatic nitrogens is 1. The quantitative estimate of drug-likeness (QED) is 0.763. The molecule has 0 atom stereocenters. The summed E-state index contributed by atoms with van der Waals surface area (Å²) >= 11 is 1.46. The Morgan fingerprint density at radius 1 is 1.44 bits per heavy atom. The Hall–Kier alpha value is -1.50. The molecule has 0 aliphatic rings. The van der Waals surface area contributed by atoms with Gasteiger partial charge in [-0.05, 0) is 25.1 Å². The molecule has 0 saturated heterocycles. The van der Waals surface area contributed by atoms with Gasteiger partial charge in [-0.3, -0.25) is 4.79 Å². The predicted octanol–water partition coefficient (Wildman–Crippen LogP) is 0.769. The van der Waals surface area contributed by atoms with Crippen LogP contribution in [0.1, 0.15) is 17.3 Å². The third-order valence-corrected chi connectivity index (χ3v) is 3.50. The van der Waals surface area contributed by atoms with E-state index in [4.69, 9.17) is 10.2 Å². The summed E-state index contributed by atoms with van der Waals surface area (Å²) in [7, 11) is 0. The summed E-state index contributed by atoms with van der Waals surface area (Å²) in [5.74, 6) is -0.323. The van der Waals surface area contributed by atoms with E-state index < -0.39 is 5.54 Å². The lowest BCUT2D eigenvalue weighted by Gasteiger charge is -2.26. The summed E-state index contributed by atoms with van der Waals surface area (Å²) < 4.78 is 0.928. The molecule has 1 heterocycles. The second kappa shape index (κ2) is 5.01. The SMILES string of the molecule is CC(CO)(CO)NC(=O)c1ccc2ncsc2c1. The highest BCUT2D eigenvalue weighted by atomic mass is 32.1. The highest BCUT2D eigenvalue weighted by molar-refractivity contribution is 7.16. The van der Waals surface area contributed by atoms with Crippen LogP contribution in [0.15, 0.2) is 23.7 Å². The molecular formula is C12H14N2O3S. The van der Waals surface area contributed by atoms with Crippen LogP contribution in [0.5, 0.6) is 0 Å². The van der Waals surface area contributed by atoms with Crippen molar-refractivity contribution < 1.29 is 15.0 Å². The van der Waals surface area contributed by atoms with Gasteiger partial charge < -0.3 is 15.5 Å². The van der Waals surface area contributed by atoms with Crippen LogP contribution in [-0.2, 0) is 0 Å². The maximum atomic E-state index is 12.0. The molecule has 0 spiro atoms. The van der Waals surface area contributed by atoms with E-state index in [0.29, 0.717) is 5.56 Å². The van der Waals surface area contributed by atoms with Gasteiger partial charge in [0, 0.05) is 5.56 Å². The van der Waals surface area contributed by atoms with Crippen LogP contribution in [-0.4, -0.2) is 39.9 Å². The van der Waals surface area contributed by atoms with Gasteiger partial charge in [0.15, 0.2) is 0 Å². The summed E-state index contributed by atoms with van der Waals surface area (Å²) in [5, 5.41) is 20.9. The Balaban J connectivity index is 2.22. The largest absolute Gasteiger partial charge is 0.394 e. The molecule has 0 aliphatic heterocycles. The number of hydrogen-bond acceptors (Lipinski definition) is 5. The molecule has 0 unspecified atom stereocenters. The number of aliphatic hydroxyl groups excluding tert-OH is 2. The minimum Gasteiger partial charge on any atom is -0.394 e. The summed E-state index contributed by atoms with van der Waals surface area (Å²) in [6.07, 6.45) is 0. The minimum atomic E-state index is -1.01. The molecule has 1 aromatic carbocycles. The van der Waals surface area contributed by atoms with Crippen molar-refractivity contribution in [3.05, 3.63) is 29.3 Å². The number of hydrogen-bond donors (Lipinski definition) is 3. The highest BCUT2D eigenvalue weighted by Gasteiger charge is 2.25. The topological polar surface area (TPSA) is 82.5 Å². The molecule has 2 rings (SSSR count). The second-order valence-corrected chi connectivity index (χ2v) is 5.25. The first-order valence-corrected chi connectivity index (χ1v) is 6.33. The Labute approximate surface area is 108 Å². The van der Waals surface area contributed by atoms with Crippen LogP contribution >= 0.6 is 11.3 Å². The number of aliphatic hydroxyl groups is 2. The summed E-state index contributed by atoms with van der Waals surface area (Å²) in [6.45, 7) is 0.937. The average Bonchev–Trinajstić information content (AvgIpc) is 2.85. The zero-order chi connectivity index (χ0) is 13.2. The van der Waals surface area contributed by atoms with Crippen molar-refractivity contribution in [2.45, 2.75) is 12.5 Å². The van der Waals surface area contributed by atoms with E-state index in [0.717, 1.165) is 10.2 Å². The Kier molecular flexibility index (Phi) is 3.60. The van der Waals surface area contributed by atoms with Crippen molar-refractivity contribution in [3.63, 3.8) is 0 Å². The highest BCUT2D eigenvalue weighted by Crippen LogP contribution is 2.19. The third-order valence-electron chi connectivity index (χ3n) is 2.71. The lowest BCUT2D eigenvalue weighted by atomic mass is 10.0. The number of nitrogens with one attached hydrogen (secondary N) is 1. The van der Waals surface area contributed by atoms with Crippen LogP contribution < -0.4 is 5.32 Å². The van der Waals surface area contributed by atoms with Crippen LogP contribution in [0.2, 0.25) is 0 Å². The van der Waals surface area contributed by atoms with E-state index in [2.05, 4.69) is 10.3 Å². The fraction of sp³-hybridized carbons (Fsp3) is 0.333. The van der Waals surface area contributed by atoms with Crippen LogP contribution in [0.4, 0.5) is 0 Å². The van der Waals surface area contributed by atoms with Crippen LogP contribution in [0, 0.1) is 0 Å². The number of rotatable bonds is 4. The maximum absolute atomic E-state index is 12.0. The molecule has 0 bridgehead atoms. The molecule has 0 fully saturated rings. The molecule has 1 aromatic heterocycles. The zero-order valence-electron chi connectivity index (χ0n) is 9.88. The molecule has 3 N–H and O–H groups in total. The smallest absolute Gasteiger partial charge is 0.251 e. The Bertz CT molecular complexity index is 563. The van der Waals surface area contributed by atoms with Gasteiger partial charge in [0.05, 0.1) is 34.5 Å². The van der Waals surface area contributed by atoms with E-state index in [1.807, 2.05) is 0 Å². The number of carbonyl (C=O) groups excluding carboxylic acids is 1. The number of fused-ring (bicyclic) bond motifs is 1. The third kappa shape index (κ3) is 2.50. The van der Waals surface area contributed by atoms with Gasteiger partial charge in [0.25, 0.3) is 5.91 Å². The predicted molar refractivity (Wildman–Crippen MR) is 69.7 cm³/mol. The molecule has 0 saturated carbocycles. The summed E-state index contributed by atoms with van der Waals surface area (Å²) in [4.78, 5) is 16.1. The zero-order valence-corrected chi connectivity index (χ0v) is 10.7. The number of nitrogens with zero attached hydrogens (tertiary/aromatic N) is 1. The maximum Gasteiger partial charge on any atom is 0.251 e. The van der Waals surface area contributed by atoms with Crippen molar-refractivity contribution in [1.29, 1.82) is 0 Å². The molecule has 96 valence electrons. The molecule has 1 amide bonds. The lowest BCUT2D eigenvalue weighted by molar-refractivity contribution is 0.0724. The average molecular weight is 266 g/mol. The normalized spacial score (nSPS) is 11.7. The first-order chi connectivity index (χ1) is 8.58. The second-order valence-electron chi connectivity index (χ2n) is 4.37. The van der Waals surface area contributed by atoms with Gasteiger partial charge in [-0.2, -0.15) is 0 Å². The van der Waals surface area contributed by atoms with E-state index in [9.17, 15) is 4.79 Å². The standard InChI is InChI=1S/C12H14N2O3S/c1-12(5-15,6-16)14-11(17)8-2-3-9-10(4-8)18-7-13-9/h2-4,7,15-16H,5-6H2,1H3,(H,14,17). The monoisotopic (exact) mass is 266 g/mol. The number of thiazole rings is 1. The Morgan fingerprint density at radius 3 is 2.83 bits per heavy atom. The lowest BCUT2D eigenvalue weighted by Crippen LogP contribution is -2.51. The summed E-state index contributed by atoms with van der Waals surface area (Å²) in [6, 6.07) is 5.19. The molecule has 18 heavy (non-hydrogen) atoms. The number of benzene rings is 1. The van der Waals surface area contributed by atoms with Gasteiger partial charge in [-0.1, -0.05) is 0 Å². The van der Waals surface area contributed by atoms with E-state index in [1.54, 1.807) is 30.6 Å². The van der Waals surface area contributed by atoms with Gasteiger partial charge in [-0.25, -0.2) is 4.98 Å². The fourth-order valence-corrected chi connectivity index (χ4v) is 2.19. The minimum absolute atomic E-state index is 0.321. The number of amides is 1. The van der Waals surface area contributed by atoms with Crippen molar-refractivity contribution in [2.75, 3.05) is 13.2 Å². The first kappa shape index (κ1) is 12.9. The van der Waals surface area contributed by atoms with Crippen molar-refractivity contribution in [2.24, 2.45) is 0 Å². The van der Waals surface area contributed by atoms with E-state index >= 15 is 0 Å². The van der Waals surface area contributed by atoms with Crippen LogP contribution in [0.25, 0.3) is 10.2 Å². The van der Waals surface area contributed by atoms with E-state index in [1.165, 1.54) is 11.3 Å². The van der Waals surface area contributed by atoms with Gasteiger partial charge >= 0.3 is 0 Å². The molecule has 5 nitrogen and oxygen atoms in total.